The highest BCUT2D eigenvalue weighted by molar-refractivity contribution is 7.99. The normalized spacial score (nSPS) is 31.9. The van der Waals surface area contributed by atoms with E-state index in [1.54, 1.807) is 11.3 Å². The fourth-order valence-corrected chi connectivity index (χ4v) is 4.86. The van der Waals surface area contributed by atoms with Crippen molar-refractivity contribution in [2.45, 2.75) is 44.4 Å². The minimum Gasteiger partial charge on any atom is -0.317 e. The molecule has 0 aliphatic carbocycles. The summed E-state index contributed by atoms with van der Waals surface area (Å²) in [6, 6.07) is 4.61. The third-order valence-electron chi connectivity index (χ3n) is 3.94. The van der Waals surface area contributed by atoms with Gasteiger partial charge in [-0.05, 0) is 36.5 Å². The standard InChI is InChI=1S/C14H20N2OS2/c1-2-11-14(17)16(10-5-3-7-18-9-10)13(15-11)12-6-4-8-19-12/h4,6,8,10-11,13,15H,2-3,5,7,9H2,1H3. The topological polar surface area (TPSA) is 32.3 Å². The molecule has 1 amide bonds. The highest BCUT2D eigenvalue weighted by atomic mass is 32.2. The molecule has 104 valence electrons. The van der Waals surface area contributed by atoms with E-state index in [1.165, 1.54) is 17.1 Å². The zero-order valence-electron chi connectivity index (χ0n) is 11.2. The van der Waals surface area contributed by atoms with E-state index in [4.69, 9.17) is 0 Å². The highest BCUT2D eigenvalue weighted by Crippen LogP contribution is 2.34. The lowest BCUT2D eigenvalue weighted by molar-refractivity contribution is -0.132. The average Bonchev–Trinajstić information content (AvgIpc) is 3.07. The van der Waals surface area contributed by atoms with Crippen LogP contribution >= 0.6 is 23.1 Å². The number of hydrogen-bond donors (Lipinski definition) is 1. The molecule has 0 aromatic carbocycles. The molecule has 3 nitrogen and oxygen atoms in total. The van der Waals surface area contributed by atoms with E-state index >= 15 is 0 Å². The van der Waals surface area contributed by atoms with E-state index < -0.39 is 0 Å². The molecule has 3 unspecified atom stereocenters. The summed E-state index contributed by atoms with van der Waals surface area (Å²) < 4.78 is 0. The van der Waals surface area contributed by atoms with Gasteiger partial charge in [-0.25, -0.2) is 0 Å². The summed E-state index contributed by atoms with van der Waals surface area (Å²) in [6.07, 6.45) is 3.35. The first kappa shape index (κ1) is 13.5. The Hall–Kier alpha value is -0.520. The van der Waals surface area contributed by atoms with Crippen LogP contribution < -0.4 is 5.32 Å². The van der Waals surface area contributed by atoms with Crippen molar-refractivity contribution in [3.05, 3.63) is 22.4 Å². The molecule has 1 N–H and O–H groups in total. The van der Waals surface area contributed by atoms with Crippen molar-refractivity contribution in [3.63, 3.8) is 0 Å². The summed E-state index contributed by atoms with van der Waals surface area (Å²) in [5, 5.41) is 5.61. The quantitative estimate of drug-likeness (QED) is 0.931. The molecule has 0 saturated carbocycles. The van der Waals surface area contributed by atoms with E-state index in [2.05, 4.69) is 34.7 Å². The van der Waals surface area contributed by atoms with Gasteiger partial charge in [0.1, 0.15) is 6.17 Å². The molecule has 2 saturated heterocycles. The first-order chi connectivity index (χ1) is 9.31. The Morgan fingerprint density at radius 3 is 3.05 bits per heavy atom. The van der Waals surface area contributed by atoms with Gasteiger partial charge in [0.15, 0.2) is 0 Å². The number of thioether (sulfide) groups is 1. The molecule has 2 fully saturated rings. The van der Waals surface area contributed by atoms with Crippen LogP contribution in [0.15, 0.2) is 17.5 Å². The minimum atomic E-state index is -0.000901. The summed E-state index contributed by atoms with van der Waals surface area (Å²) >= 11 is 3.72. The Morgan fingerprint density at radius 2 is 2.42 bits per heavy atom. The van der Waals surface area contributed by atoms with Crippen LogP contribution in [-0.4, -0.2) is 34.4 Å². The molecule has 19 heavy (non-hydrogen) atoms. The SMILES string of the molecule is CCC1NC(c2cccs2)N(C2CCCSC2)C1=O. The molecular formula is C14H20N2OS2. The Kier molecular flexibility index (Phi) is 4.15. The van der Waals surface area contributed by atoms with Gasteiger partial charge in [0.2, 0.25) is 5.91 Å². The molecule has 3 heterocycles. The van der Waals surface area contributed by atoms with Gasteiger partial charge >= 0.3 is 0 Å². The first-order valence-corrected chi connectivity index (χ1v) is 9.04. The fraction of sp³-hybridized carbons (Fsp3) is 0.643. The van der Waals surface area contributed by atoms with Gasteiger partial charge in [0, 0.05) is 16.7 Å². The fourth-order valence-electron chi connectivity index (χ4n) is 2.94. The Bertz CT molecular complexity index is 429. The maximum Gasteiger partial charge on any atom is 0.241 e. The Labute approximate surface area is 122 Å². The van der Waals surface area contributed by atoms with Gasteiger partial charge in [-0.1, -0.05) is 13.0 Å². The summed E-state index contributed by atoms with van der Waals surface area (Å²) in [6.45, 7) is 2.08. The largest absolute Gasteiger partial charge is 0.317 e. The van der Waals surface area contributed by atoms with E-state index in [0.717, 1.165) is 18.6 Å². The molecule has 5 heteroatoms. The smallest absolute Gasteiger partial charge is 0.241 e. The number of nitrogens with zero attached hydrogens (tertiary/aromatic N) is 1. The zero-order chi connectivity index (χ0) is 13.2. The summed E-state index contributed by atoms with van der Waals surface area (Å²) in [5.41, 5.74) is 0. The summed E-state index contributed by atoms with van der Waals surface area (Å²) in [7, 11) is 0. The second kappa shape index (κ2) is 5.85. The van der Waals surface area contributed by atoms with Crippen LogP contribution in [0.5, 0.6) is 0 Å². The second-order valence-electron chi connectivity index (χ2n) is 5.16. The number of carbonyl (C=O) groups excluding carboxylic acids is 1. The van der Waals surface area contributed by atoms with Crippen LogP contribution in [-0.2, 0) is 4.79 Å². The maximum absolute atomic E-state index is 12.6. The Balaban J connectivity index is 1.85. The lowest BCUT2D eigenvalue weighted by atomic mass is 10.1. The van der Waals surface area contributed by atoms with Crippen LogP contribution in [0.4, 0.5) is 0 Å². The average molecular weight is 296 g/mol. The second-order valence-corrected chi connectivity index (χ2v) is 7.29. The number of amides is 1. The van der Waals surface area contributed by atoms with Gasteiger partial charge in [0.25, 0.3) is 0 Å². The molecule has 0 radical (unpaired) electrons. The van der Waals surface area contributed by atoms with Crippen molar-refractivity contribution in [1.82, 2.24) is 10.2 Å². The van der Waals surface area contributed by atoms with Crippen molar-refractivity contribution >= 4 is 29.0 Å². The molecule has 0 bridgehead atoms. The van der Waals surface area contributed by atoms with Crippen molar-refractivity contribution < 1.29 is 4.79 Å². The lowest BCUT2D eigenvalue weighted by Gasteiger charge is -2.34. The number of hydrogen-bond acceptors (Lipinski definition) is 4. The van der Waals surface area contributed by atoms with E-state index in [9.17, 15) is 4.79 Å². The van der Waals surface area contributed by atoms with Crippen LogP contribution in [0, 0.1) is 0 Å². The van der Waals surface area contributed by atoms with Crippen molar-refractivity contribution in [2.75, 3.05) is 11.5 Å². The van der Waals surface area contributed by atoms with E-state index in [-0.39, 0.29) is 12.2 Å². The summed E-state index contributed by atoms with van der Waals surface area (Å²) in [5.74, 6) is 2.63. The highest BCUT2D eigenvalue weighted by Gasteiger charge is 2.42. The Morgan fingerprint density at radius 1 is 1.53 bits per heavy atom. The van der Waals surface area contributed by atoms with Crippen molar-refractivity contribution in [2.24, 2.45) is 0 Å². The van der Waals surface area contributed by atoms with E-state index in [1.807, 2.05) is 11.8 Å². The molecule has 1 aromatic rings. The predicted octanol–water partition coefficient (Wildman–Crippen LogP) is 2.85. The molecular weight excluding hydrogens is 276 g/mol. The number of carbonyl (C=O) groups is 1. The van der Waals surface area contributed by atoms with Crippen molar-refractivity contribution in [1.29, 1.82) is 0 Å². The number of rotatable bonds is 3. The molecule has 3 atom stereocenters. The predicted molar refractivity (Wildman–Crippen MR) is 81.5 cm³/mol. The lowest BCUT2D eigenvalue weighted by Crippen LogP contribution is -2.42. The zero-order valence-corrected chi connectivity index (χ0v) is 12.8. The monoisotopic (exact) mass is 296 g/mol. The van der Waals surface area contributed by atoms with Gasteiger partial charge in [-0.2, -0.15) is 11.8 Å². The van der Waals surface area contributed by atoms with Crippen molar-refractivity contribution in [3.8, 4) is 0 Å². The molecule has 0 spiro atoms. The number of thiophene rings is 1. The first-order valence-electron chi connectivity index (χ1n) is 7.00. The number of nitrogens with one attached hydrogen (secondary N) is 1. The molecule has 1 aromatic heterocycles. The third-order valence-corrected chi connectivity index (χ3v) is 6.06. The molecule has 3 rings (SSSR count). The van der Waals surface area contributed by atoms with Crippen LogP contribution in [0.2, 0.25) is 0 Å². The third kappa shape index (κ3) is 2.56. The minimum absolute atomic E-state index is 0.000901. The van der Waals surface area contributed by atoms with Crippen LogP contribution in [0.3, 0.4) is 0 Å². The van der Waals surface area contributed by atoms with Gasteiger partial charge < -0.3 is 4.90 Å². The van der Waals surface area contributed by atoms with E-state index in [0.29, 0.717) is 11.9 Å². The molecule has 2 aliphatic heterocycles. The van der Waals surface area contributed by atoms with Gasteiger partial charge in [-0.3, -0.25) is 10.1 Å². The van der Waals surface area contributed by atoms with Crippen LogP contribution in [0.25, 0.3) is 0 Å². The van der Waals surface area contributed by atoms with Crippen LogP contribution in [0.1, 0.15) is 37.2 Å². The maximum atomic E-state index is 12.6. The van der Waals surface area contributed by atoms with Gasteiger partial charge in [-0.15, -0.1) is 11.3 Å². The molecule has 2 aliphatic rings. The summed E-state index contributed by atoms with van der Waals surface area (Å²) in [4.78, 5) is 16.0. The van der Waals surface area contributed by atoms with Gasteiger partial charge in [0.05, 0.1) is 6.04 Å².